The van der Waals surface area contributed by atoms with Crippen LogP contribution in [0.1, 0.15) is 33.1 Å². The van der Waals surface area contributed by atoms with Crippen molar-refractivity contribution in [1.82, 2.24) is 0 Å². The van der Waals surface area contributed by atoms with Crippen molar-refractivity contribution < 1.29 is 14.6 Å². The molecule has 1 atom stereocenters. The molecule has 1 unspecified atom stereocenters. The molecule has 12 heavy (non-hydrogen) atoms. The number of carboxylic acids is 1. The van der Waals surface area contributed by atoms with Gasteiger partial charge in [0.05, 0.1) is 12.2 Å². The lowest BCUT2D eigenvalue weighted by atomic mass is 9.94. The van der Waals surface area contributed by atoms with Crippen LogP contribution in [0.4, 0.5) is 0 Å². The summed E-state index contributed by atoms with van der Waals surface area (Å²) in [7, 11) is 0. The highest BCUT2D eigenvalue weighted by molar-refractivity contribution is 5.66. The second kappa shape index (κ2) is 3.44. The maximum absolute atomic E-state index is 10.3. The molecule has 3 nitrogen and oxygen atoms in total. The minimum atomic E-state index is -0.709. The molecule has 0 bridgehead atoms. The Morgan fingerprint density at radius 2 is 2.33 bits per heavy atom. The van der Waals surface area contributed by atoms with Gasteiger partial charge in [-0.2, -0.15) is 0 Å². The summed E-state index contributed by atoms with van der Waals surface area (Å²) in [5.41, 5.74) is -0.0385. The third kappa shape index (κ3) is 2.81. The van der Waals surface area contributed by atoms with Crippen LogP contribution in [-0.2, 0) is 9.53 Å². The highest BCUT2D eigenvalue weighted by Crippen LogP contribution is 2.31. The molecule has 1 heterocycles. The number of aliphatic carboxylic acids is 1. The summed E-state index contributed by atoms with van der Waals surface area (Å²) < 4.78 is 5.49. The third-order valence-corrected chi connectivity index (χ3v) is 2.26. The zero-order chi connectivity index (χ0) is 9.19. The van der Waals surface area contributed by atoms with Gasteiger partial charge in [0.1, 0.15) is 0 Å². The Labute approximate surface area is 72.7 Å². The van der Waals surface area contributed by atoms with E-state index in [1.807, 2.05) is 13.8 Å². The van der Waals surface area contributed by atoms with Crippen molar-refractivity contribution in [3.05, 3.63) is 0 Å². The zero-order valence-corrected chi connectivity index (χ0v) is 7.67. The molecule has 0 aromatic carbocycles. The lowest BCUT2D eigenvalue weighted by Gasteiger charge is -2.15. The molecule has 0 aliphatic carbocycles. The standard InChI is InChI=1S/C9H16O3/c1-9(2)5-7(6-12-9)3-4-8(10)11/h7H,3-6H2,1-2H3,(H,10,11). The molecular formula is C9H16O3. The van der Waals surface area contributed by atoms with Gasteiger partial charge < -0.3 is 9.84 Å². The topological polar surface area (TPSA) is 46.5 Å². The van der Waals surface area contributed by atoms with Crippen LogP contribution < -0.4 is 0 Å². The average molecular weight is 172 g/mol. The second-order valence-electron chi connectivity index (χ2n) is 4.07. The van der Waals surface area contributed by atoms with Crippen molar-refractivity contribution in [2.45, 2.75) is 38.7 Å². The number of rotatable bonds is 3. The smallest absolute Gasteiger partial charge is 0.303 e. The van der Waals surface area contributed by atoms with Crippen molar-refractivity contribution in [2.75, 3.05) is 6.61 Å². The van der Waals surface area contributed by atoms with Crippen molar-refractivity contribution in [1.29, 1.82) is 0 Å². The molecule has 0 spiro atoms. The van der Waals surface area contributed by atoms with Crippen molar-refractivity contribution in [2.24, 2.45) is 5.92 Å². The van der Waals surface area contributed by atoms with E-state index in [1.165, 1.54) is 0 Å². The van der Waals surface area contributed by atoms with Gasteiger partial charge in [-0.05, 0) is 32.6 Å². The summed E-state index contributed by atoms with van der Waals surface area (Å²) in [4.78, 5) is 10.3. The van der Waals surface area contributed by atoms with Gasteiger partial charge in [0.15, 0.2) is 0 Å². The van der Waals surface area contributed by atoms with Crippen LogP contribution in [-0.4, -0.2) is 23.3 Å². The van der Waals surface area contributed by atoms with Crippen molar-refractivity contribution >= 4 is 5.97 Å². The van der Waals surface area contributed by atoms with Gasteiger partial charge >= 0.3 is 5.97 Å². The summed E-state index contributed by atoms with van der Waals surface area (Å²) in [5, 5.41) is 8.46. The molecule has 0 radical (unpaired) electrons. The predicted octanol–water partition coefficient (Wildman–Crippen LogP) is 1.67. The van der Waals surface area contributed by atoms with Crippen LogP contribution >= 0.6 is 0 Å². The number of carbonyl (C=O) groups is 1. The molecule has 3 heteroatoms. The minimum absolute atomic E-state index is 0.0385. The summed E-state index contributed by atoms with van der Waals surface area (Å²) in [6, 6.07) is 0. The quantitative estimate of drug-likeness (QED) is 0.704. The molecule has 1 fully saturated rings. The highest BCUT2D eigenvalue weighted by Gasteiger charge is 2.31. The SMILES string of the molecule is CC1(C)CC(CCC(=O)O)CO1. The van der Waals surface area contributed by atoms with Gasteiger partial charge in [-0.15, -0.1) is 0 Å². The van der Waals surface area contributed by atoms with Gasteiger partial charge in [0.25, 0.3) is 0 Å². The lowest BCUT2D eigenvalue weighted by Crippen LogP contribution is -2.16. The van der Waals surface area contributed by atoms with Crippen LogP contribution in [0.15, 0.2) is 0 Å². The first-order chi connectivity index (χ1) is 5.49. The molecule has 1 rings (SSSR count). The number of hydrogen-bond acceptors (Lipinski definition) is 2. The van der Waals surface area contributed by atoms with Gasteiger partial charge in [-0.1, -0.05) is 0 Å². The monoisotopic (exact) mass is 172 g/mol. The molecule has 1 aliphatic heterocycles. The van der Waals surface area contributed by atoms with Crippen LogP contribution in [0, 0.1) is 5.92 Å². The van der Waals surface area contributed by atoms with E-state index in [9.17, 15) is 4.79 Å². The molecule has 1 saturated heterocycles. The average Bonchev–Trinajstić information content (AvgIpc) is 2.26. The largest absolute Gasteiger partial charge is 0.481 e. The summed E-state index contributed by atoms with van der Waals surface area (Å²) in [6.07, 6.45) is 2.00. The van der Waals surface area contributed by atoms with E-state index in [4.69, 9.17) is 9.84 Å². The summed E-state index contributed by atoms with van der Waals surface area (Å²) in [5.74, 6) is -0.268. The van der Waals surface area contributed by atoms with E-state index in [0.717, 1.165) is 19.4 Å². The lowest BCUT2D eigenvalue weighted by molar-refractivity contribution is -0.137. The molecule has 70 valence electrons. The van der Waals surface area contributed by atoms with E-state index in [-0.39, 0.29) is 12.0 Å². The van der Waals surface area contributed by atoms with E-state index in [1.54, 1.807) is 0 Å². The maximum Gasteiger partial charge on any atom is 0.303 e. The van der Waals surface area contributed by atoms with E-state index >= 15 is 0 Å². The second-order valence-corrected chi connectivity index (χ2v) is 4.07. The number of ether oxygens (including phenoxy) is 1. The van der Waals surface area contributed by atoms with Crippen molar-refractivity contribution in [3.63, 3.8) is 0 Å². The Morgan fingerprint density at radius 3 is 2.75 bits per heavy atom. The summed E-state index contributed by atoms with van der Waals surface area (Å²) >= 11 is 0. The summed E-state index contributed by atoms with van der Waals surface area (Å²) in [6.45, 7) is 4.82. The molecule has 1 aliphatic rings. The highest BCUT2D eigenvalue weighted by atomic mass is 16.5. The fraction of sp³-hybridized carbons (Fsp3) is 0.889. The number of hydrogen-bond donors (Lipinski definition) is 1. The first-order valence-electron chi connectivity index (χ1n) is 4.35. The first kappa shape index (κ1) is 9.52. The zero-order valence-electron chi connectivity index (χ0n) is 7.67. The minimum Gasteiger partial charge on any atom is -0.481 e. The maximum atomic E-state index is 10.3. The normalized spacial score (nSPS) is 27.3. The van der Waals surface area contributed by atoms with E-state index in [0.29, 0.717) is 5.92 Å². The van der Waals surface area contributed by atoms with Crippen molar-refractivity contribution in [3.8, 4) is 0 Å². The van der Waals surface area contributed by atoms with E-state index < -0.39 is 5.97 Å². The Bertz CT molecular complexity index is 175. The van der Waals surface area contributed by atoms with Gasteiger partial charge in [-0.3, -0.25) is 4.79 Å². The van der Waals surface area contributed by atoms with Gasteiger partial charge in [0, 0.05) is 6.42 Å². The molecule has 1 N–H and O–H groups in total. The molecule has 0 aromatic heterocycles. The van der Waals surface area contributed by atoms with Crippen LogP contribution in [0.25, 0.3) is 0 Å². The van der Waals surface area contributed by atoms with Gasteiger partial charge in [0.2, 0.25) is 0 Å². The Morgan fingerprint density at radius 1 is 1.67 bits per heavy atom. The third-order valence-electron chi connectivity index (χ3n) is 2.26. The Balaban J connectivity index is 2.24. The first-order valence-corrected chi connectivity index (χ1v) is 4.35. The van der Waals surface area contributed by atoms with Crippen LogP contribution in [0.2, 0.25) is 0 Å². The Kier molecular flexibility index (Phi) is 2.73. The Hall–Kier alpha value is -0.570. The van der Waals surface area contributed by atoms with E-state index in [2.05, 4.69) is 0 Å². The molecule has 0 amide bonds. The molecule has 0 aromatic rings. The fourth-order valence-electron chi connectivity index (χ4n) is 1.67. The molecule has 0 saturated carbocycles. The van der Waals surface area contributed by atoms with Gasteiger partial charge in [-0.25, -0.2) is 0 Å². The fourth-order valence-corrected chi connectivity index (χ4v) is 1.67. The predicted molar refractivity (Wildman–Crippen MR) is 45.0 cm³/mol. The number of carboxylic acid groups (broad SMARTS) is 1. The van der Waals surface area contributed by atoms with Crippen LogP contribution in [0.5, 0.6) is 0 Å². The molecular weight excluding hydrogens is 156 g/mol. The van der Waals surface area contributed by atoms with Crippen LogP contribution in [0.3, 0.4) is 0 Å².